The first-order valence-corrected chi connectivity index (χ1v) is 25.2. The summed E-state index contributed by atoms with van der Waals surface area (Å²) in [5.41, 5.74) is 0. The zero-order valence-electron chi connectivity index (χ0n) is 41.4. The Morgan fingerprint density at radius 2 is 1.10 bits per heavy atom. The largest absolute Gasteiger partial charge is 0.457 e. The van der Waals surface area contributed by atoms with Gasteiger partial charge >= 0.3 is 17.9 Å². The van der Waals surface area contributed by atoms with E-state index >= 15 is 0 Å². The van der Waals surface area contributed by atoms with E-state index in [0.717, 1.165) is 70.6 Å². The van der Waals surface area contributed by atoms with Gasteiger partial charge in [-0.05, 0) is 47.0 Å². The molecular weight excluding hydrogens is 897 g/mol. The van der Waals surface area contributed by atoms with E-state index in [1.165, 1.54) is 13.8 Å². The van der Waals surface area contributed by atoms with Crippen LogP contribution in [0.2, 0.25) is 0 Å². The molecule has 0 saturated carbocycles. The van der Waals surface area contributed by atoms with Gasteiger partial charge in [-0.15, -0.1) is 0 Å². The van der Waals surface area contributed by atoms with E-state index in [1.54, 1.807) is 41.5 Å². The third-order valence-corrected chi connectivity index (χ3v) is 13.5. The minimum Gasteiger partial charge on any atom is -0.457 e. The number of aliphatic hydroxyl groups is 6. The maximum atomic E-state index is 13.6. The summed E-state index contributed by atoms with van der Waals surface area (Å²) in [6, 6.07) is 0. The third kappa shape index (κ3) is 14.7. The molecule has 0 spiro atoms. The van der Waals surface area contributed by atoms with Crippen molar-refractivity contribution in [2.75, 3.05) is 0 Å². The number of hydrogen-bond acceptors (Lipinski definition) is 20. The Morgan fingerprint density at radius 1 is 0.544 bits per heavy atom. The SMILES string of the molecule is CCCCCC1CCCCCCCCCC(=O)OC2C(O)C(OC(C)C2OC2OC(C)C(OC3OC(C)C(OC(=O)C(C)C)C(O)C3O)C(O)C2OC(=O)C(C)C)OC2C(O1)OC(C)C(O)C2O. The number of rotatable bonds is 12. The molecule has 0 aromatic carbocycles. The smallest absolute Gasteiger partial charge is 0.308 e. The van der Waals surface area contributed by atoms with Crippen LogP contribution >= 0.6 is 0 Å². The van der Waals surface area contributed by atoms with E-state index in [-0.39, 0.29) is 12.5 Å². The van der Waals surface area contributed by atoms with E-state index in [1.807, 2.05) is 0 Å². The monoisotopic (exact) mass is 979 g/mol. The molecule has 0 aliphatic carbocycles. The molecule has 21 unspecified atom stereocenters. The van der Waals surface area contributed by atoms with Crippen molar-refractivity contribution in [1.82, 2.24) is 0 Å². The highest BCUT2D eigenvalue weighted by Crippen LogP contribution is 2.37. The van der Waals surface area contributed by atoms with E-state index in [4.69, 9.17) is 52.1 Å². The van der Waals surface area contributed by atoms with E-state index < -0.39 is 153 Å². The molecule has 0 aromatic heterocycles. The normalized spacial score (nSPS) is 42.8. The standard InChI is InChI=1S/C48H82O20/c1-10-11-17-20-29-21-18-15-13-12-14-16-19-22-30(49)63-40-36(55)46(68-41-32(51)31(50)25(6)58-47(41)62-29)60-28(9)39(40)67-48-42(65-44(57)24(4)5)35(54)38(27(8)61-48)66-45-34(53)33(52)37(26(7)59-45)64-43(56)23(2)3/h23-29,31-42,45-48,50-55H,10-22H2,1-9H3. The topological polar surface area (TPSA) is 274 Å². The maximum Gasteiger partial charge on any atom is 0.308 e. The summed E-state index contributed by atoms with van der Waals surface area (Å²) in [6.45, 7) is 14.7. The van der Waals surface area contributed by atoms with Gasteiger partial charge in [0.1, 0.15) is 54.9 Å². The zero-order valence-corrected chi connectivity index (χ0v) is 41.4. The van der Waals surface area contributed by atoms with E-state index in [9.17, 15) is 45.0 Å². The Bertz CT molecular complexity index is 1550. The Balaban J connectivity index is 1.40. The van der Waals surface area contributed by atoms with Gasteiger partial charge in [-0.2, -0.15) is 0 Å². The van der Waals surface area contributed by atoms with Crippen molar-refractivity contribution < 1.29 is 97.1 Å². The molecule has 21 atom stereocenters. The van der Waals surface area contributed by atoms with Crippen LogP contribution in [0.1, 0.15) is 146 Å². The van der Waals surface area contributed by atoms with Crippen molar-refractivity contribution in [3.63, 3.8) is 0 Å². The van der Waals surface area contributed by atoms with E-state index in [0.29, 0.717) is 6.42 Å². The first-order chi connectivity index (χ1) is 32.2. The molecule has 5 rings (SSSR count). The molecule has 20 heteroatoms. The number of esters is 3. The van der Waals surface area contributed by atoms with Crippen LogP contribution < -0.4 is 0 Å². The second-order valence-corrected chi connectivity index (χ2v) is 19.9. The fourth-order valence-corrected chi connectivity index (χ4v) is 9.21. The number of fused-ring (bicyclic) bond motifs is 3. The molecule has 0 radical (unpaired) electrons. The molecule has 6 N–H and O–H groups in total. The van der Waals surface area contributed by atoms with Crippen LogP contribution in [0.4, 0.5) is 0 Å². The summed E-state index contributed by atoms with van der Waals surface area (Å²) in [5.74, 6) is -3.21. The molecule has 5 fully saturated rings. The number of unbranched alkanes of at least 4 members (excludes halogenated alkanes) is 2. The van der Waals surface area contributed by atoms with Crippen LogP contribution in [0.15, 0.2) is 0 Å². The Labute approximate surface area is 400 Å². The summed E-state index contributed by atoms with van der Waals surface area (Å²) in [7, 11) is 0. The number of hydrogen-bond donors (Lipinski definition) is 6. The fraction of sp³-hybridized carbons (Fsp3) is 0.938. The van der Waals surface area contributed by atoms with Crippen molar-refractivity contribution in [1.29, 1.82) is 0 Å². The van der Waals surface area contributed by atoms with Crippen molar-refractivity contribution in [2.45, 2.75) is 275 Å². The molecule has 5 aliphatic rings. The second kappa shape index (κ2) is 26.5. The molecule has 5 heterocycles. The van der Waals surface area contributed by atoms with Gasteiger partial charge in [-0.25, -0.2) is 0 Å². The minimum absolute atomic E-state index is 0.0257. The van der Waals surface area contributed by atoms with Crippen molar-refractivity contribution >= 4 is 17.9 Å². The molecule has 394 valence electrons. The van der Waals surface area contributed by atoms with Gasteiger partial charge in [0.2, 0.25) is 0 Å². The lowest BCUT2D eigenvalue weighted by atomic mass is 9.95. The molecule has 5 aliphatic heterocycles. The van der Waals surface area contributed by atoms with Crippen LogP contribution in [-0.4, -0.2) is 177 Å². The molecule has 0 aromatic rings. The highest BCUT2D eigenvalue weighted by Gasteiger charge is 2.56. The van der Waals surface area contributed by atoms with Gasteiger partial charge in [-0.1, -0.05) is 92.4 Å². The first kappa shape index (κ1) is 56.8. The Hall–Kier alpha value is -2.15. The Kier molecular flexibility index (Phi) is 22.1. The highest BCUT2D eigenvalue weighted by molar-refractivity contribution is 5.72. The highest BCUT2D eigenvalue weighted by atomic mass is 16.8. The predicted octanol–water partition coefficient (Wildman–Crippen LogP) is 2.82. The second-order valence-electron chi connectivity index (χ2n) is 19.9. The van der Waals surface area contributed by atoms with Crippen molar-refractivity contribution in [2.24, 2.45) is 11.8 Å². The van der Waals surface area contributed by atoms with Crippen molar-refractivity contribution in [3.8, 4) is 0 Å². The van der Waals surface area contributed by atoms with Crippen LogP contribution in [0.5, 0.6) is 0 Å². The summed E-state index contributed by atoms with van der Waals surface area (Å²) < 4.78 is 67.1. The molecule has 68 heavy (non-hydrogen) atoms. The minimum atomic E-state index is -1.78. The summed E-state index contributed by atoms with van der Waals surface area (Å²) in [6.07, 6.45) is -17.8. The summed E-state index contributed by atoms with van der Waals surface area (Å²) in [5, 5.41) is 68.6. The maximum absolute atomic E-state index is 13.6. The number of carbonyl (C=O) groups is 3. The van der Waals surface area contributed by atoms with Crippen LogP contribution in [-0.2, 0) is 66.5 Å². The number of aliphatic hydroxyl groups excluding tert-OH is 6. The lowest BCUT2D eigenvalue weighted by molar-refractivity contribution is -0.387. The zero-order chi connectivity index (χ0) is 50.0. The average molecular weight is 979 g/mol. The average Bonchev–Trinajstić information content (AvgIpc) is 3.28. The predicted molar refractivity (Wildman–Crippen MR) is 238 cm³/mol. The van der Waals surface area contributed by atoms with Gasteiger partial charge in [0, 0.05) is 6.42 Å². The first-order valence-electron chi connectivity index (χ1n) is 25.2. The van der Waals surface area contributed by atoms with Crippen LogP contribution in [0, 0.1) is 11.8 Å². The van der Waals surface area contributed by atoms with Gasteiger partial charge in [0.25, 0.3) is 0 Å². The third-order valence-electron chi connectivity index (χ3n) is 13.5. The number of ether oxygens (including phenoxy) is 11. The molecule has 2 bridgehead atoms. The van der Waals surface area contributed by atoms with E-state index in [2.05, 4.69) is 6.92 Å². The number of carbonyl (C=O) groups excluding carboxylic acids is 3. The van der Waals surface area contributed by atoms with Gasteiger partial charge < -0.3 is 82.7 Å². The van der Waals surface area contributed by atoms with Gasteiger partial charge in [0.05, 0.1) is 42.4 Å². The van der Waals surface area contributed by atoms with Crippen LogP contribution in [0.3, 0.4) is 0 Å². The molecule has 5 saturated heterocycles. The fourth-order valence-electron chi connectivity index (χ4n) is 9.21. The van der Waals surface area contributed by atoms with Gasteiger partial charge in [-0.3, -0.25) is 14.4 Å². The van der Waals surface area contributed by atoms with Crippen LogP contribution in [0.25, 0.3) is 0 Å². The molecule has 0 amide bonds. The lowest BCUT2D eigenvalue weighted by Crippen LogP contribution is -2.67. The lowest BCUT2D eigenvalue weighted by Gasteiger charge is -2.49. The van der Waals surface area contributed by atoms with Gasteiger partial charge in [0.15, 0.2) is 43.5 Å². The quantitative estimate of drug-likeness (QED) is 0.0932. The molecule has 20 nitrogen and oxygen atoms in total. The Morgan fingerprint density at radius 3 is 1.75 bits per heavy atom. The molecular formula is C48H82O20. The summed E-state index contributed by atoms with van der Waals surface area (Å²) in [4.78, 5) is 39.2. The van der Waals surface area contributed by atoms with Crippen molar-refractivity contribution in [3.05, 3.63) is 0 Å². The summed E-state index contributed by atoms with van der Waals surface area (Å²) >= 11 is 0.